The molecule has 0 radical (unpaired) electrons. The monoisotopic (exact) mass is 180 g/mol. The average molecular weight is 181 g/mol. The van der Waals surface area contributed by atoms with Gasteiger partial charge in [-0.15, -0.1) is 10.2 Å². The summed E-state index contributed by atoms with van der Waals surface area (Å²) >= 11 is 5.33. The predicted octanol–water partition coefficient (Wildman–Crippen LogP) is -3.50. The van der Waals surface area contributed by atoms with Crippen molar-refractivity contribution in [1.82, 2.24) is 10.2 Å². The van der Waals surface area contributed by atoms with Gasteiger partial charge in [0.2, 0.25) is 0 Å². The molecule has 0 amide bonds. The second-order valence-corrected chi connectivity index (χ2v) is 1.92. The first-order valence-corrected chi connectivity index (χ1v) is 2.78. The first-order chi connectivity index (χ1) is 4.70. The predicted molar refractivity (Wildman–Crippen MR) is 31.4 cm³/mol. The second kappa shape index (κ2) is 4.66. The molecule has 11 heavy (non-hydrogen) atoms. The normalized spacial score (nSPS) is 8.45. The van der Waals surface area contributed by atoms with Gasteiger partial charge in [-0.2, -0.15) is 0 Å². The van der Waals surface area contributed by atoms with Crippen molar-refractivity contribution in [3.05, 3.63) is 23.0 Å². The van der Waals surface area contributed by atoms with Crippen molar-refractivity contribution in [2.75, 3.05) is 0 Å². The molecule has 0 fully saturated rings. The number of carboxylic acid groups (broad SMARTS) is 1. The summed E-state index contributed by atoms with van der Waals surface area (Å²) in [6, 6.07) is 2.56. The summed E-state index contributed by atoms with van der Waals surface area (Å²) in [4.78, 5) is 10.1. The fraction of sp³-hybridized carbons (Fsp3) is 0. The van der Waals surface area contributed by atoms with Gasteiger partial charge in [-0.25, -0.2) is 0 Å². The second-order valence-electron chi connectivity index (χ2n) is 1.53. The van der Waals surface area contributed by atoms with E-state index in [1.54, 1.807) is 0 Å². The van der Waals surface area contributed by atoms with Crippen LogP contribution < -0.4 is 34.7 Å². The van der Waals surface area contributed by atoms with Crippen LogP contribution in [0.2, 0.25) is 5.15 Å². The smallest absolute Gasteiger partial charge is 0.543 e. The number of rotatable bonds is 1. The van der Waals surface area contributed by atoms with Crippen LogP contribution in [0.5, 0.6) is 0 Å². The molecule has 0 bridgehead atoms. The van der Waals surface area contributed by atoms with Crippen molar-refractivity contribution in [2.45, 2.75) is 0 Å². The van der Waals surface area contributed by atoms with Crippen LogP contribution in [0.3, 0.4) is 0 Å². The Labute approximate surface area is 89.9 Å². The Bertz CT molecular complexity index is 251. The molecule has 1 aromatic rings. The number of hydrogen-bond acceptors (Lipinski definition) is 4. The average Bonchev–Trinajstić information content (AvgIpc) is 1.88. The molecule has 6 heteroatoms. The molecule has 0 spiro atoms. The number of carboxylic acids is 1. The molecule has 1 heterocycles. The van der Waals surface area contributed by atoms with Crippen LogP contribution in [0.15, 0.2) is 12.1 Å². The zero-order chi connectivity index (χ0) is 7.56. The van der Waals surface area contributed by atoms with Gasteiger partial charge in [-0.3, -0.25) is 0 Å². The number of halogens is 1. The van der Waals surface area contributed by atoms with Gasteiger partial charge in [-0.05, 0) is 12.1 Å². The third-order valence-corrected chi connectivity index (χ3v) is 1.04. The largest absolute Gasteiger partial charge is 1.00 e. The molecule has 0 atom stereocenters. The molecule has 0 aliphatic rings. The molecule has 52 valence electrons. The van der Waals surface area contributed by atoms with Crippen LogP contribution in [0.4, 0.5) is 0 Å². The Balaban J connectivity index is 0.000001000. The molecule has 4 nitrogen and oxygen atoms in total. The van der Waals surface area contributed by atoms with E-state index in [4.69, 9.17) is 11.6 Å². The van der Waals surface area contributed by atoms with Gasteiger partial charge in [0, 0.05) is 0 Å². The van der Waals surface area contributed by atoms with Crippen LogP contribution in [-0.4, -0.2) is 16.2 Å². The first-order valence-electron chi connectivity index (χ1n) is 2.41. The van der Waals surface area contributed by atoms with Crippen LogP contribution in [0.25, 0.3) is 0 Å². The Morgan fingerprint density at radius 1 is 1.45 bits per heavy atom. The van der Waals surface area contributed by atoms with E-state index in [0.717, 1.165) is 0 Å². The van der Waals surface area contributed by atoms with Crippen molar-refractivity contribution >= 4 is 17.6 Å². The van der Waals surface area contributed by atoms with E-state index in [1.165, 1.54) is 12.1 Å². The first kappa shape index (κ1) is 10.8. The molecule has 0 saturated heterocycles. The molecule has 0 unspecified atom stereocenters. The molecule has 0 N–H and O–H groups in total. The molecular formula is C5H2ClN2NaO2. The topological polar surface area (TPSA) is 65.9 Å². The van der Waals surface area contributed by atoms with E-state index in [1.807, 2.05) is 0 Å². The molecule has 0 aliphatic carbocycles. The van der Waals surface area contributed by atoms with Gasteiger partial charge >= 0.3 is 29.6 Å². The van der Waals surface area contributed by atoms with Crippen molar-refractivity contribution in [3.63, 3.8) is 0 Å². The van der Waals surface area contributed by atoms with Gasteiger partial charge < -0.3 is 9.90 Å². The third kappa shape index (κ3) is 3.16. The van der Waals surface area contributed by atoms with E-state index in [2.05, 4.69) is 10.2 Å². The molecule has 0 saturated carbocycles. The fourth-order valence-electron chi connectivity index (χ4n) is 0.425. The summed E-state index contributed by atoms with van der Waals surface area (Å²) in [5, 5.41) is 16.7. The Hall–Kier alpha value is -0.160. The Kier molecular flexibility index (Phi) is 4.60. The molecule has 1 aromatic heterocycles. The van der Waals surface area contributed by atoms with Gasteiger partial charge in [0.1, 0.15) is 5.69 Å². The quantitative estimate of drug-likeness (QED) is 0.421. The summed E-state index contributed by atoms with van der Waals surface area (Å²) in [6.45, 7) is 0. The number of aromatic nitrogens is 2. The maximum absolute atomic E-state index is 10.1. The molecule has 0 aliphatic heterocycles. The van der Waals surface area contributed by atoms with E-state index in [9.17, 15) is 9.90 Å². The van der Waals surface area contributed by atoms with E-state index >= 15 is 0 Å². The van der Waals surface area contributed by atoms with Crippen LogP contribution >= 0.6 is 11.6 Å². The van der Waals surface area contributed by atoms with Crippen LogP contribution in [0, 0.1) is 0 Å². The number of carbonyl (C=O) groups is 1. The fourth-order valence-corrected chi connectivity index (χ4v) is 0.526. The van der Waals surface area contributed by atoms with Gasteiger partial charge in [0.25, 0.3) is 0 Å². The summed E-state index contributed by atoms with van der Waals surface area (Å²) < 4.78 is 0. The minimum absolute atomic E-state index is 0. The number of carbonyl (C=O) groups excluding carboxylic acids is 1. The van der Waals surface area contributed by atoms with Gasteiger partial charge in [0.15, 0.2) is 5.15 Å². The van der Waals surface area contributed by atoms with E-state index in [0.29, 0.717) is 0 Å². The number of aromatic carboxylic acids is 1. The van der Waals surface area contributed by atoms with Crippen molar-refractivity contribution in [1.29, 1.82) is 0 Å². The zero-order valence-corrected chi connectivity index (χ0v) is 8.50. The van der Waals surface area contributed by atoms with Crippen molar-refractivity contribution < 1.29 is 39.5 Å². The number of hydrogen-bond donors (Lipinski definition) is 0. The van der Waals surface area contributed by atoms with E-state index in [-0.39, 0.29) is 40.4 Å². The molecule has 0 aromatic carbocycles. The standard InChI is InChI=1S/C5H3ClN2O2.Na/c6-4-2-1-3(5(9)10)7-8-4;/h1-2H,(H,9,10);/q;+1/p-1. The Morgan fingerprint density at radius 2 is 2.09 bits per heavy atom. The van der Waals surface area contributed by atoms with Gasteiger partial charge in [0.05, 0.1) is 5.97 Å². The molecule has 1 rings (SSSR count). The summed E-state index contributed by atoms with van der Waals surface area (Å²) in [7, 11) is 0. The minimum atomic E-state index is -1.36. The summed E-state index contributed by atoms with van der Waals surface area (Å²) in [5.41, 5.74) is -0.218. The minimum Gasteiger partial charge on any atom is -0.543 e. The van der Waals surface area contributed by atoms with Crippen LogP contribution in [-0.2, 0) is 0 Å². The molecular weight excluding hydrogens is 179 g/mol. The van der Waals surface area contributed by atoms with Crippen LogP contribution in [0.1, 0.15) is 10.5 Å². The summed E-state index contributed by atoms with van der Waals surface area (Å²) in [5.74, 6) is -1.36. The van der Waals surface area contributed by atoms with Crippen molar-refractivity contribution in [2.24, 2.45) is 0 Å². The third-order valence-electron chi connectivity index (χ3n) is 0.841. The van der Waals surface area contributed by atoms with Crippen molar-refractivity contribution in [3.8, 4) is 0 Å². The Morgan fingerprint density at radius 3 is 2.45 bits per heavy atom. The maximum atomic E-state index is 10.1. The number of nitrogens with zero attached hydrogens (tertiary/aromatic N) is 2. The maximum Gasteiger partial charge on any atom is 1.00 e. The SMILES string of the molecule is O=C([O-])c1ccc(Cl)nn1.[Na+]. The zero-order valence-electron chi connectivity index (χ0n) is 5.74. The van der Waals surface area contributed by atoms with E-state index < -0.39 is 5.97 Å². The van der Waals surface area contributed by atoms with Gasteiger partial charge in [-0.1, -0.05) is 11.6 Å². The summed E-state index contributed by atoms with van der Waals surface area (Å²) in [6.07, 6.45) is 0.